The van der Waals surface area contributed by atoms with Crippen LogP contribution in [-0.4, -0.2) is 22.9 Å². The Kier molecular flexibility index (Phi) is 10.3. The van der Waals surface area contributed by atoms with Crippen LogP contribution in [0.4, 0.5) is 0 Å². The molecule has 5 aromatic carbocycles. The molecule has 0 aliphatic carbocycles. The molecule has 7 rings (SSSR count). The molecular formula is C47H50N2O2. The van der Waals surface area contributed by atoms with Gasteiger partial charge in [0.15, 0.2) is 0 Å². The summed E-state index contributed by atoms with van der Waals surface area (Å²) in [6.45, 7) is 11.5. The third-order valence-corrected chi connectivity index (χ3v) is 10.5. The van der Waals surface area contributed by atoms with E-state index in [2.05, 4.69) is 158 Å². The zero-order chi connectivity index (χ0) is 35.3. The van der Waals surface area contributed by atoms with Crippen LogP contribution < -0.4 is 9.47 Å². The first-order valence-corrected chi connectivity index (χ1v) is 18.8. The van der Waals surface area contributed by atoms with Crippen molar-refractivity contribution in [3.8, 4) is 11.5 Å². The Hall–Kier alpha value is -5.22. The lowest BCUT2D eigenvalue weighted by molar-refractivity contribution is 0.232. The molecular weight excluding hydrogens is 625 g/mol. The van der Waals surface area contributed by atoms with Gasteiger partial charge in [0.25, 0.3) is 0 Å². The van der Waals surface area contributed by atoms with Crippen molar-refractivity contribution in [3.05, 3.63) is 119 Å². The van der Waals surface area contributed by atoms with Crippen molar-refractivity contribution in [1.82, 2.24) is 9.13 Å². The summed E-state index contributed by atoms with van der Waals surface area (Å²) in [5, 5.41) is 5.14. The second-order valence-electron chi connectivity index (χ2n) is 13.6. The SMILES string of the molecule is CCCCC(CC)COc1cc(/C=C/c2ccc3c(c2)c2ccccc2n3CC)c(OC)cc1/C=C/c1ccc2c(c1)c1ccccc1n2CC. The van der Waals surface area contributed by atoms with Gasteiger partial charge >= 0.3 is 0 Å². The molecule has 4 heteroatoms. The van der Waals surface area contributed by atoms with Crippen LogP contribution in [0.3, 0.4) is 0 Å². The molecule has 0 radical (unpaired) electrons. The van der Waals surface area contributed by atoms with Gasteiger partial charge in [-0.2, -0.15) is 0 Å². The number of hydrogen-bond donors (Lipinski definition) is 0. The summed E-state index contributed by atoms with van der Waals surface area (Å²) in [5.74, 6) is 2.23. The number of methoxy groups -OCH3 is 1. The van der Waals surface area contributed by atoms with Crippen molar-refractivity contribution in [1.29, 1.82) is 0 Å². The summed E-state index contributed by atoms with van der Waals surface area (Å²) in [4.78, 5) is 0. The highest BCUT2D eigenvalue weighted by molar-refractivity contribution is 6.09. The first-order valence-electron chi connectivity index (χ1n) is 18.8. The molecule has 4 nitrogen and oxygen atoms in total. The average Bonchev–Trinajstić information content (AvgIpc) is 3.67. The number of para-hydroxylation sites is 2. The predicted octanol–water partition coefficient (Wildman–Crippen LogP) is 12.9. The summed E-state index contributed by atoms with van der Waals surface area (Å²) in [5.41, 5.74) is 9.41. The number of hydrogen-bond acceptors (Lipinski definition) is 2. The van der Waals surface area contributed by atoms with Gasteiger partial charge in [-0.05, 0) is 85.8 Å². The molecule has 1 unspecified atom stereocenters. The molecule has 0 aliphatic heterocycles. The smallest absolute Gasteiger partial charge is 0.127 e. The van der Waals surface area contributed by atoms with Crippen LogP contribution in [0, 0.1) is 5.92 Å². The Morgan fingerprint density at radius 2 is 1.08 bits per heavy atom. The van der Waals surface area contributed by atoms with Crippen LogP contribution in [0.25, 0.3) is 67.9 Å². The van der Waals surface area contributed by atoms with Crippen LogP contribution in [0.15, 0.2) is 97.1 Å². The lowest BCUT2D eigenvalue weighted by Crippen LogP contribution is -2.12. The molecule has 0 aliphatic rings. The summed E-state index contributed by atoms with van der Waals surface area (Å²) in [7, 11) is 1.75. The standard InChI is InChI=1S/C47H50N2O2/c1-6-10-15-33(7-2)32-51-47-31-36(24-20-34-22-26-44-40(28-34)38-16-11-13-18-42(38)48(44)8-3)46(50-5)30-37(47)25-21-35-23-27-45-41(29-35)39-17-12-14-19-43(39)49(45)9-4/h11-14,16-31,33H,6-10,15,32H2,1-5H3/b24-20+,25-21+. The molecule has 0 fully saturated rings. The largest absolute Gasteiger partial charge is 0.496 e. The fourth-order valence-electron chi connectivity index (χ4n) is 7.66. The Morgan fingerprint density at radius 3 is 1.59 bits per heavy atom. The topological polar surface area (TPSA) is 28.3 Å². The minimum absolute atomic E-state index is 0.526. The van der Waals surface area contributed by atoms with Crippen molar-refractivity contribution in [2.24, 2.45) is 5.92 Å². The van der Waals surface area contributed by atoms with Crippen LogP contribution in [0.1, 0.15) is 75.6 Å². The molecule has 2 heterocycles. The number of nitrogens with zero attached hydrogens (tertiary/aromatic N) is 2. The van der Waals surface area contributed by atoms with E-state index in [1.165, 1.54) is 62.9 Å². The second kappa shape index (κ2) is 15.3. The number of unbranched alkanes of at least 4 members (excludes halogenated alkanes) is 1. The average molecular weight is 675 g/mol. The highest BCUT2D eigenvalue weighted by Gasteiger charge is 2.14. The maximum absolute atomic E-state index is 6.69. The zero-order valence-electron chi connectivity index (χ0n) is 30.8. The normalized spacial score (nSPS) is 12.7. The predicted molar refractivity (Wildman–Crippen MR) is 220 cm³/mol. The molecule has 1 atom stereocenters. The van der Waals surface area contributed by atoms with Gasteiger partial charge in [0.05, 0.1) is 13.7 Å². The minimum atomic E-state index is 0.526. The van der Waals surface area contributed by atoms with E-state index in [0.717, 1.165) is 53.3 Å². The number of aryl methyl sites for hydroxylation is 2. The third kappa shape index (κ3) is 6.80. The van der Waals surface area contributed by atoms with E-state index in [1.807, 2.05) is 0 Å². The number of fused-ring (bicyclic) bond motifs is 6. The first-order chi connectivity index (χ1) is 25.1. The first kappa shape index (κ1) is 34.2. The maximum Gasteiger partial charge on any atom is 0.127 e. The molecule has 0 saturated carbocycles. The Morgan fingerprint density at radius 1 is 0.569 bits per heavy atom. The summed E-state index contributed by atoms with van der Waals surface area (Å²) < 4.78 is 17.5. The van der Waals surface area contributed by atoms with E-state index < -0.39 is 0 Å². The molecule has 0 saturated heterocycles. The molecule has 0 bridgehead atoms. The molecule has 0 amide bonds. The molecule has 2 aromatic heterocycles. The number of rotatable bonds is 14. The van der Waals surface area contributed by atoms with E-state index in [-0.39, 0.29) is 0 Å². The second-order valence-corrected chi connectivity index (χ2v) is 13.6. The van der Waals surface area contributed by atoms with Gasteiger partial charge in [-0.15, -0.1) is 0 Å². The van der Waals surface area contributed by atoms with Gasteiger partial charge in [-0.3, -0.25) is 0 Å². The van der Waals surface area contributed by atoms with Gasteiger partial charge in [0, 0.05) is 67.8 Å². The molecule has 51 heavy (non-hydrogen) atoms. The zero-order valence-corrected chi connectivity index (χ0v) is 30.8. The lowest BCUT2D eigenvalue weighted by atomic mass is 10.0. The number of aromatic nitrogens is 2. The van der Waals surface area contributed by atoms with Crippen LogP contribution in [0.5, 0.6) is 11.5 Å². The van der Waals surface area contributed by atoms with Gasteiger partial charge in [-0.1, -0.05) is 106 Å². The summed E-state index contributed by atoms with van der Waals surface area (Å²) >= 11 is 0. The van der Waals surface area contributed by atoms with Crippen molar-refractivity contribution in [3.63, 3.8) is 0 Å². The number of ether oxygens (including phenoxy) is 2. The fourth-order valence-corrected chi connectivity index (χ4v) is 7.66. The Bertz CT molecular complexity index is 2370. The third-order valence-electron chi connectivity index (χ3n) is 10.5. The highest BCUT2D eigenvalue weighted by Crippen LogP contribution is 2.35. The van der Waals surface area contributed by atoms with Gasteiger partial charge in [0.2, 0.25) is 0 Å². The molecule has 0 N–H and O–H groups in total. The fraction of sp³-hybridized carbons (Fsp3) is 0.277. The van der Waals surface area contributed by atoms with Crippen molar-refractivity contribution >= 4 is 67.9 Å². The van der Waals surface area contributed by atoms with Crippen molar-refractivity contribution < 1.29 is 9.47 Å². The van der Waals surface area contributed by atoms with E-state index in [9.17, 15) is 0 Å². The van der Waals surface area contributed by atoms with E-state index >= 15 is 0 Å². The lowest BCUT2D eigenvalue weighted by Gasteiger charge is -2.18. The molecule has 0 spiro atoms. The van der Waals surface area contributed by atoms with Crippen LogP contribution in [-0.2, 0) is 13.1 Å². The molecule has 7 aromatic rings. The van der Waals surface area contributed by atoms with Crippen LogP contribution in [0.2, 0.25) is 0 Å². The summed E-state index contributed by atoms with van der Waals surface area (Å²) in [6.07, 6.45) is 13.4. The summed E-state index contributed by atoms with van der Waals surface area (Å²) in [6, 6.07) is 35.2. The van der Waals surface area contributed by atoms with Crippen LogP contribution >= 0.6 is 0 Å². The van der Waals surface area contributed by atoms with E-state index in [1.54, 1.807) is 7.11 Å². The minimum Gasteiger partial charge on any atom is -0.496 e. The van der Waals surface area contributed by atoms with E-state index in [0.29, 0.717) is 12.5 Å². The van der Waals surface area contributed by atoms with E-state index in [4.69, 9.17) is 9.47 Å². The number of benzene rings is 5. The Labute approximate surface area is 302 Å². The van der Waals surface area contributed by atoms with Gasteiger partial charge in [-0.25, -0.2) is 0 Å². The van der Waals surface area contributed by atoms with Crippen molar-refractivity contribution in [2.45, 2.75) is 66.5 Å². The maximum atomic E-state index is 6.69. The van der Waals surface area contributed by atoms with Gasteiger partial charge in [0.1, 0.15) is 11.5 Å². The quantitative estimate of drug-likeness (QED) is 0.107. The monoisotopic (exact) mass is 674 g/mol. The highest BCUT2D eigenvalue weighted by atomic mass is 16.5. The molecule has 260 valence electrons. The van der Waals surface area contributed by atoms with Gasteiger partial charge < -0.3 is 18.6 Å². The van der Waals surface area contributed by atoms with Crippen molar-refractivity contribution in [2.75, 3.05) is 13.7 Å². The Balaban J connectivity index is 1.25.